The van der Waals surface area contributed by atoms with Crippen LogP contribution in [0.2, 0.25) is 5.04 Å². The molecule has 0 radical (unpaired) electrons. The summed E-state index contributed by atoms with van der Waals surface area (Å²) in [7, 11) is -6.56. The van der Waals surface area contributed by atoms with Gasteiger partial charge >= 0.3 is 0 Å². The van der Waals surface area contributed by atoms with Crippen LogP contribution in [0.25, 0.3) is 6.08 Å². The molecule has 0 bridgehead atoms. The number of fused-ring (bicyclic) bond motifs is 1. The summed E-state index contributed by atoms with van der Waals surface area (Å²) in [6, 6.07) is 39.7. The quantitative estimate of drug-likeness (QED) is 0.224. The van der Waals surface area contributed by atoms with E-state index in [0.717, 1.165) is 11.1 Å². The summed E-state index contributed by atoms with van der Waals surface area (Å²) in [6.45, 7) is 7.32. The van der Waals surface area contributed by atoms with Gasteiger partial charge in [0.1, 0.15) is 12.2 Å². The van der Waals surface area contributed by atoms with Crippen molar-refractivity contribution in [2.45, 2.75) is 60.7 Å². The maximum Gasteiger partial charge on any atom is 0.261 e. The highest BCUT2D eigenvalue weighted by atomic mass is 32.2. The summed E-state index contributed by atoms with van der Waals surface area (Å²) in [4.78, 5) is 0.307. The summed E-state index contributed by atoms with van der Waals surface area (Å²) >= 11 is 0. The normalized spacial score (nSPS) is 23.4. The molecular weight excluding hydrogens is 585 g/mol. The monoisotopic (exact) mass is 624 g/mol. The minimum atomic E-state index is -3.71. The maximum atomic E-state index is 14.2. The van der Waals surface area contributed by atoms with E-state index in [-0.39, 0.29) is 18.1 Å². The zero-order chi connectivity index (χ0) is 30.8. The predicted octanol–water partition coefficient (Wildman–Crippen LogP) is 6.05. The molecule has 5 nitrogen and oxygen atoms in total. The van der Waals surface area contributed by atoms with Crippen molar-refractivity contribution < 1.29 is 22.3 Å². The molecule has 2 aliphatic heterocycles. The highest BCUT2D eigenvalue weighted by Gasteiger charge is 2.53. The summed E-state index contributed by atoms with van der Waals surface area (Å²) in [6.07, 6.45) is 0.832. The molecule has 6 rings (SSSR count). The third kappa shape index (κ3) is 5.87. The zero-order valence-electron chi connectivity index (χ0n) is 25.5. The zero-order valence-corrected chi connectivity index (χ0v) is 27.3. The lowest BCUT2D eigenvalue weighted by atomic mass is 9.96. The second kappa shape index (κ2) is 12.6. The van der Waals surface area contributed by atoms with Crippen molar-refractivity contribution >= 4 is 34.6 Å². The summed E-state index contributed by atoms with van der Waals surface area (Å²) in [5.41, 5.74) is 1.98. The Morgan fingerprint density at radius 3 is 1.86 bits per heavy atom. The van der Waals surface area contributed by atoms with Crippen molar-refractivity contribution in [3.05, 3.63) is 132 Å². The third-order valence-electron chi connectivity index (χ3n) is 8.83. The number of hydrogen-bond acceptors (Lipinski definition) is 5. The fourth-order valence-corrected chi connectivity index (χ4v) is 13.3. The minimum absolute atomic E-state index is 0.211. The number of benzene rings is 4. The van der Waals surface area contributed by atoms with E-state index in [1.807, 2.05) is 48.5 Å². The van der Waals surface area contributed by atoms with E-state index >= 15 is 0 Å². The van der Waals surface area contributed by atoms with Gasteiger partial charge < -0.3 is 13.9 Å². The average Bonchev–Trinajstić information content (AvgIpc) is 3.44. The molecule has 2 aliphatic rings. The van der Waals surface area contributed by atoms with Crippen molar-refractivity contribution in [1.29, 1.82) is 0 Å². The van der Waals surface area contributed by atoms with Gasteiger partial charge in [0.2, 0.25) is 0 Å². The van der Waals surface area contributed by atoms with E-state index in [1.165, 1.54) is 10.4 Å². The lowest BCUT2D eigenvalue weighted by Crippen LogP contribution is -2.67. The van der Waals surface area contributed by atoms with Crippen LogP contribution < -0.4 is 10.4 Å². The van der Waals surface area contributed by atoms with Crippen LogP contribution in [0.4, 0.5) is 0 Å². The fourth-order valence-electron chi connectivity index (χ4n) is 6.76. The predicted molar refractivity (Wildman–Crippen MR) is 178 cm³/mol. The molecule has 0 saturated carbocycles. The van der Waals surface area contributed by atoms with Crippen molar-refractivity contribution in [1.82, 2.24) is 0 Å². The molecule has 0 aromatic heterocycles. The second-order valence-electron chi connectivity index (χ2n) is 12.7. The second-order valence-corrected chi connectivity index (χ2v) is 19.2. The van der Waals surface area contributed by atoms with Gasteiger partial charge in [-0.3, -0.25) is 0 Å². The van der Waals surface area contributed by atoms with Crippen molar-refractivity contribution in [3.63, 3.8) is 0 Å². The van der Waals surface area contributed by atoms with E-state index in [4.69, 9.17) is 13.9 Å². The molecule has 0 amide bonds. The highest BCUT2D eigenvalue weighted by molar-refractivity contribution is 7.92. The van der Waals surface area contributed by atoms with Gasteiger partial charge in [0, 0.05) is 0 Å². The first-order chi connectivity index (χ1) is 21.2. The van der Waals surface area contributed by atoms with Crippen molar-refractivity contribution in [2.24, 2.45) is 0 Å². The fraction of sp³-hybridized carbons (Fsp3) is 0.297. The Hall–Kier alpha value is -3.33. The van der Waals surface area contributed by atoms with E-state index in [1.54, 1.807) is 24.3 Å². The van der Waals surface area contributed by atoms with Gasteiger partial charge in [-0.2, -0.15) is 0 Å². The third-order valence-corrected chi connectivity index (χ3v) is 16.0. The smallest absolute Gasteiger partial charge is 0.261 e. The first-order valence-corrected chi connectivity index (χ1v) is 18.7. The number of hydrogen-bond donors (Lipinski definition) is 0. The highest BCUT2D eigenvalue weighted by Crippen LogP contribution is 2.41. The van der Waals surface area contributed by atoms with Crippen LogP contribution in [-0.4, -0.2) is 53.5 Å². The van der Waals surface area contributed by atoms with Gasteiger partial charge in [-0.25, -0.2) is 8.42 Å². The van der Waals surface area contributed by atoms with E-state index in [2.05, 4.69) is 75.4 Å². The Bertz CT molecular complexity index is 1630. The Balaban J connectivity index is 1.38. The summed E-state index contributed by atoms with van der Waals surface area (Å²) < 4.78 is 48.6. The van der Waals surface area contributed by atoms with Crippen molar-refractivity contribution in [3.8, 4) is 0 Å². The Morgan fingerprint density at radius 1 is 0.795 bits per heavy atom. The van der Waals surface area contributed by atoms with Crippen LogP contribution >= 0.6 is 0 Å². The number of rotatable bonds is 8. The van der Waals surface area contributed by atoms with Gasteiger partial charge in [0.05, 0.1) is 29.5 Å². The van der Waals surface area contributed by atoms with Gasteiger partial charge in [-0.05, 0) is 45.1 Å². The van der Waals surface area contributed by atoms with Crippen LogP contribution in [0.15, 0.2) is 132 Å². The van der Waals surface area contributed by atoms with Crippen LogP contribution in [0.1, 0.15) is 32.8 Å². The van der Waals surface area contributed by atoms with Gasteiger partial charge in [-0.15, -0.1) is 0 Å². The number of sulfone groups is 1. The first-order valence-electron chi connectivity index (χ1n) is 15.3. The molecule has 2 heterocycles. The molecule has 0 N–H and O–H groups in total. The van der Waals surface area contributed by atoms with Crippen LogP contribution in [0, 0.1) is 0 Å². The maximum absolute atomic E-state index is 14.2. The molecule has 7 heteroatoms. The average molecular weight is 625 g/mol. The minimum Gasteiger partial charge on any atom is -0.405 e. The van der Waals surface area contributed by atoms with E-state index < -0.39 is 41.7 Å². The van der Waals surface area contributed by atoms with Gasteiger partial charge in [-0.1, -0.05) is 136 Å². The number of ether oxygens (including phenoxy) is 2. The Kier molecular flexibility index (Phi) is 8.77. The molecule has 2 saturated heterocycles. The Labute approximate surface area is 262 Å². The van der Waals surface area contributed by atoms with Crippen molar-refractivity contribution in [2.75, 3.05) is 13.2 Å². The lowest BCUT2D eigenvalue weighted by molar-refractivity contribution is -0.0962. The standard InChI is InChI=1S/C37H40O5SSi/c1-37(2,3)44(32-20-12-6-13-21-32,33-22-14-7-15-23-33)41-27-30-25-34(43(38,39)31-18-10-5-11-19-31)36-35(42-30)29(26-40-36)24-28-16-8-4-9-17-28/h4-24,30,34-36H,25-27H2,1-3H3/b29-24+/t30-,34-,35+,36+/m0/s1. The molecule has 4 aromatic carbocycles. The molecule has 0 unspecified atom stereocenters. The summed E-state index contributed by atoms with van der Waals surface area (Å²) in [5.74, 6) is 0. The molecule has 44 heavy (non-hydrogen) atoms. The van der Waals surface area contributed by atoms with E-state index in [9.17, 15) is 8.42 Å². The molecule has 0 spiro atoms. The molecule has 4 aromatic rings. The van der Waals surface area contributed by atoms with Crippen LogP contribution in [0.3, 0.4) is 0 Å². The van der Waals surface area contributed by atoms with Crippen LogP contribution in [0.5, 0.6) is 0 Å². The molecular formula is C37H40O5SSi. The summed E-state index contributed by atoms with van der Waals surface area (Å²) in [5, 5.41) is 1.37. The Morgan fingerprint density at radius 2 is 1.32 bits per heavy atom. The van der Waals surface area contributed by atoms with E-state index in [0.29, 0.717) is 11.5 Å². The SMILES string of the molecule is CC(C)(C)[Si](OC[C@@H]1C[C@H](S(=O)(=O)c2ccccc2)[C@H]2OC/C(=C\c3ccccc3)[C@H]2O1)(c1ccccc1)c1ccccc1. The van der Waals surface area contributed by atoms with Gasteiger partial charge in [0.25, 0.3) is 8.32 Å². The molecule has 4 atom stereocenters. The first kappa shape index (κ1) is 30.7. The molecule has 228 valence electrons. The topological polar surface area (TPSA) is 61.8 Å². The largest absolute Gasteiger partial charge is 0.405 e. The molecule has 0 aliphatic carbocycles. The molecule has 2 fully saturated rings. The van der Waals surface area contributed by atoms with Crippen LogP contribution in [-0.2, 0) is 23.7 Å². The van der Waals surface area contributed by atoms with Gasteiger partial charge in [0.15, 0.2) is 9.84 Å². The lowest BCUT2D eigenvalue weighted by Gasteiger charge is -2.45.